The summed E-state index contributed by atoms with van der Waals surface area (Å²) in [4.78, 5) is 0. The van der Waals surface area contributed by atoms with E-state index in [0.717, 1.165) is 0 Å². The number of hydrogen-bond acceptors (Lipinski definition) is 0. The van der Waals surface area contributed by atoms with E-state index in [1.807, 2.05) is 0 Å². The summed E-state index contributed by atoms with van der Waals surface area (Å²) in [7, 11) is 0. The fourth-order valence-corrected chi connectivity index (χ4v) is 8.69. The highest BCUT2D eigenvalue weighted by Crippen LogP contribution is 2.42. The van der Waals surface area contributed by atoms with Crippen LogP contribution in [0.4, 0.5) is 0 Å². The molecule has 0 saturated heterocycles. The van der Waals surface area contributed by atoms with Crippen molar-refractivity contribution in [1.82, 2.24) is 0 Å². The van der Waals surface area contributed by atoms with Crippen LogP contribution >= 0.6 is 0 Å². The first-order valence-electron chi connectivity index (χ1n) is 18.1. The van der Waals surface area contributed by atoms with Gasteiger partial charge in [0.1, 0.15) is 0 Å². The second kappa shape index (κ2) is 11.4. The Bertz CT molecular complexity index is 3160. The third-order valence-electron chi connectivity index (χ3n) is 11.2. The smallest absolute Gasteiger partial charge is 0.00206 e. The maximum absolute atomic E-state index is 2.38. The van der Waals surface area contributed by atoms with Gasteiger partial charge in [0.15, 0.2) is 0 Å². The molecule has 0 atom stereocenters. The molecule has 11 aromatic carbocycles. The van der Waals surface area contributed by atoms with Gasteiger partial charge in [0.25, 0.3) is 0 Å². The Hall–Kier alpha value is -6.76. The first-order valence-corrected chi connectivity index (χ1v) is 18.1. The summed E-state index contributed by atoms with van der Waals surface area (Å²) < 4.78 is 0. The molecule has 0 bridgehead atoms. The van der Waals surface area contributed by atoms with Gasteiger partial charge >= 0.3 is 0 Å². The van der Waals surface area contributed by atoms with E-state index in [0.29, 0.717) is 0 Å². The average molecular weight is 657 g/mol. The van der Waals surface area contributed by atoms with Gasteiger partial charge in [-0.25, -0.2) is 0 Å². The summed E-state index contributed by atoms with van der Waals surface area (Å²) in [6.45, 7) is 0. The molecule has 52 heavy (non-hydrogen) atoms. The Balaban J connectivity index is 1.04. The van der Waals surface area contributed by atoms with Crippen LogP contribution in [0.25, 0.3) is 109 Å². The van der Waals surface area contributed by atoms with Gasteiger partial charge in [0.2, 0.25) is 0 Å². The molecular formula is C52H32. The van der Waals surface area contributed by atoms with E-state index in [1.165, 1.54) is 109 Å². The molecule has 0 fully saturated rings. The standard InChI is InChI=1S/C52H32/c1-2-9-38-30-41(22-18-33(38)8-1)43-17-7-10-34-19-23-42(32-50(34)43)45-29-28-44(47-15-3-4-16-48(45)47)39-13-6-14-40(31-39)46-26-24-37-21-20-35-11-5-12-36-25-27-49(46)52(37)51(35)36/h1-32H. The lowest BCUT2D eigenvalue weighted by Gasteiger charge is -2.16. The van der Waals surface area contributed by atoms with E-state index >= 15 is 0 Å². The lowest BCUT2D eigenvalue weighted by Crippen LogP contribution is -1.89. The molecule has 0 heteroatoms. The van der Waals surface area contributed by atoms with Crippen molar-refractivity contribution in [2.75, 3.05) is 0 Å². The summed E-state index contributed by atoms with van der Waals surface area (Å²) >= 11 is 0. The van der Waals surface area contributed by atoms with Crippen LogP contribution in [-0.2, 0) is 0 Å². The van der Waals surface area contributed by atoms with Crippen LogP contribution < -0.4 is 0 Å². The zero-order chi connectivity index (χ0) is 34.2. The van der Waals surface area contributed by atoms with Crippen molar-refractivity contribution in [3.8, 4) is 44.5 Å². The van der Waals surface area contributed by atoms with Crippen molar-refractivity contribution in [2.45, 2.75) is 0 Å². The molecule has 0 aliphatic rings. The number of rotatable bonds is 4. The Morgan fingerprint density at radius 1 is 0.192 bits per heavy atom. The Morgan fingerprint density at radius 2 is 0.654 bits per heavy atom. The lowest BCUT2D eigenvalue weighted by atomic mass is 9.88. The van der Waals surface area contributed by atoms with Crippen LogP contribution in [0, 0.1) is 0 Å². The van der Waals surface area contributed by atoms with Crippen LogP contribution in [0.2, 0.25) is 0 Å². The third-order valence-corrected chi connectivity index (χ3v) is 11.2. The highest BCUT2D eigenvalue weighted by atomic mass is 14.2. The molecule has 0 saturated carbocycles. The zero-order valence-corrected chi connectivity index (χ0v) is 28.5. The molecule has 0 aromatic heterocycles. The predicted molar refractivity (Wildman–Crippen MR) is 224 cm³/mol. The SMILES string of the molecule is c1cc(-c2ccc(-c3ccc4cccc(-c5ccc6ccccc6c5)c4c3)c3ccccc23)cc(-c2ccc3ccc4cccc5ccc2c3c45)c1. The molecule has 11 rings (SSSR count). The van der Waals surface area contributed by atoms with Crippen molar-refractivity contribution in [3.63, 3.8) is 0 Å². The van der Waals surface area contributed by atoms with Gasteiger partial charge in [-0.2, -0.15) is 0 Å². The summed E-state index contributed by atoms with van der Waals surface area (Å²) in [6.07, 6.45) is 0. The minimum atomic E-state index is 1.23. The highest BCUT2D eigenvalue weighted by molar-refractivity contribution is 6.25. The number of fused-ring (bicyclic) bond motifs is 3. The largest absolute Gasteiger partial charge is 0.0616 e. The van der Waals surface area contributed by atoms with Crippen LogP contribution in [0.3, 0.4) is 0 Å². The quantitative estimate of drug-likeness (QED) is 0.165. The van der Waals surface area contributed by atoms with Gasteiger partial charge < -0.3 is 0 Å². The van der Waals surface area contributed by atoms with E-state index in [-0.39, 0.29) is 0 Å². The van der Waals surface area contributed by atoms with Crippen LogP contribution in [-0.4, -0.2) is 0 Å². The topological polar surface area (TPSA) is 0 Å². The molecule has 0 N–H and O–H groups in total. The number of benzene rings is 11. The van der Waals surface area contributed by atoms with E-state index in [4.69, 9.17) is 0 Å². The highest BCUT2D eigenvalue weighted by Gasteiger charge is 2.15. The van der Waals surface area contributed by atoms with Gasteiger partial charge in [0.05, 0.1) is 0 Å². The fourth-order valence-electron chi connectivity index (χ4n) is 8.69. The van der Waals surface area contributed by atoms with E-state index in [2.05, 4.69) is 194 Å². The minimum absolute atomic E-state index is 1.23. The van der Waals surface area contributed by atoms with Crippen LogP contribution in [0.1, 0.15) is 0 Å². The second-order valence-corrected chi connectivity index (χ2v) is 14.1. The molecule has 0 aliphatic heterocycles. The second-order valence-electron chi connectivity index (χ2n) is 14.1. The maximum atomic E-state index is 2.38. The summed E-state index contributed by atoms with van der Waals surface area (Å²) in [5.41, 5.74) is 9.95. The Morgan fingerprint density at radius 3 is 1.42 bits per heavy atom. The Kier molecular flexibility index (Phi) is 6.35. The van der Waals surface area contributed by atoms with Gasteiger partial charge in [0, 0.05) is 0 Å². The predicted octanol–water partition coefficient (Wildman–Crippen LogP) is 14.7. The third kappa shape index (κ3) is 4.48. The summed E-state index contributed by atoms with van der Waals surface area (Å²) in [6, 6.07) is 71.9. The van der Waals surface area contributed by atoms with E-state index in [9.17, 15) is 0 Å². The normalized spacial score (nSPS) is 11.8. The molecule has 0 amide bonds. The monoisotopic (exact) mass is 656 g/mol. The van der Waals surface area contributed by atoms with Crippen molar-refractivity contribution in [3.05, 3.63) is 194 Å². The van der Waals surface area contributed by atoms with Crippen molar-refractivity contribution in [2.24, 2.45) is 0 Å². The average Bonchev–Trinajstić information content (AvgIpc) is 3.22. The van der Waals surface area contributed by atoms with Crippen molar-refractivity contribution >= 4 is 64.6 Å². The Labute approximate surface area is 302 Å². The van der Waals surface area contributed by atoms with Gasteiger partial charge in [-0.1, -0.05) is 176 Å². The first kappa shape index (κ1) is 29.0. The molecule has 0 spiro atoms. The van der Waals surface area contributed by atoms with Crippen LogP contribution in [0.15, 0.2) is 194 Å². The van der Waals surface area contributed by atoms with Crippen LogP contribution in [0.5, 0.6) is 0 Å². The van der Waals surface area contributed by atoms with Gasteiger partial charge in [-0.05, 0) is 127 Å². The number of hydrogen-bond donors (Lipinski definition) is 0. The molecule has 0 radical (unpaired) electrons. The zero-order valence-electron chi connectivity index (χ0n) is 28.5. The minimum Gasteiger partial charge on any atom is -0.0616 e. The van der Waals surface area contributed by atoms with E-state index in [1.54, 1.807) is 0 Å². The molecule has 0 aliphatic carbocycles. The van der Waals surface area contributed by atoms with Gasteiger partial charge in [-0.3, -0.25) is 0 Å². The van der Waals surface area contributed by atoms with E-state index < -0.39 is 0 Å². The fraction of sp³-hybridized carbons (Fsp3) is 0. The lowest BCUT2D eigenvalue weighted by molar-refractivity contribution is 1.62. The van der Waals surface area contributed by atoms with Gasteiger partial charge in [-0.15, -0.1) is 0 Å². The molecular weight excluding hydrogens is 625 g/mol. The van der Waals surface area contributed by atoms with Crippen molar-refractivity contribution in [1.29, 1.82) is 0 Å². The molecule has 240 valence electrons. The maximum Gasteiger partial charge on any atom is -0.00206 e. The summed E-state index contributed by atoms with van der Waals surface area (Å²) in [5.74, 6) is 0. The molecule has 0 heterocycles. The van der Waals surface area contributed by atoms with Crippen molar-refractivity contribution < 1.29 is 0 Å². The first-order chi connectivity index (χ1) is 25.8. The summed E-state index contributed by atoms with van der Waals surface area (Å²) in [5, 5.41) is 15.5. The molecule has 0 unspecified atom stereocenters. The molecule has 0 nitrogen and oxygen atoms in total. The molecule has 11 aromatic rings.